The Balaban J connectivity index is 1.34. The summed E-state index contributed by atoms with van der Waals surface area (Å²) in [5, 5.41) is 9.16. The maximum Gasteiger partial charge on any atom is 0.339 e. The fraction of sp³-hybridized carbons (Fsp3) is 0.364. The highest BCUT2D eigenvalue weighted by atomic mass is 35.5. The second-order valence-corrected chi connectivity index (χ2v) is 8.82. The van der Waals surface area contributed by atoms with Crippen LogP contribution < -0.4 is 5.32 Å². The van der Waals surface area contributed by atoms with Crippen LogP contribution in [0.3, 0.4) is 0 Å². The molecule has 0 bridgehead atoms. The number of aromatic nitrogens is 2. The second-order valence-electron chi connectivity index (χ2n) is 7.47. The number of halogens is 1. The van der Waals surface area contributed by atoms with Crippen LogP contribution in [0.1, 0.15) is 36.0 Å². The van der Waals surface area contributed by atoms with Gasteiger partial charge in [0, 0.05) is 12.2 Å². The Hall–Kier alpha value is -2.75. The van der Waals surface area contributed by atoms with Crippen LogP contribution in [-0.4, -0.2) is 46.6 Å². The summed E-state index contributed by atoms with van der Waals surface area (Å²) in [4.78, 5) is 32.3. The number of thiophene rings is 1. The number of piperidine rings is 1. The average molecular weight is 475 g/mol. The van der Waals surface area contributed by atoms with E-state index in [-0.39, 0.29) is 29.0 Å². The molecule has 3 aromatic rings. The maximum absolute atomic E-state index is 12.8. The van der Waals surface area contributed by atoms with Gasteiger partial charge in [0.2, 0.25) is 17.6 Å². The number of benzene rings is 1. The molecular formula is C22H23ClN4O4S. The van der Waals surface area contributed by atoms with E-state index in [2.05, 4.69) is 20.4 Å². The van der Waals surface area contributed by atoms with Crippen molar-refractivity contribution in [3.63, 3.8) is 0 Å². The molecule has 1 amide bonds. The summed E-state index contributed by atoms with van der Waals surface area (Å²) in [5.41, 5.74) is 0.819. The van der Waals surface area contributed by atoms with Gasteiger partial charge in [0.15, 0.2) is 0 Å². The quantitative estimate of drug-likeness (QED) is 0.504. The van der Waals surface area contributed by atoms with Crippen LogP contribution in [0.25, 0.3) is 10.7 Å². The van der Waals surface area contributed by atoms with Gasteiger partial charge < -0.3 is 14.6 Å². The number of hydrogen-bond donors (Lipinski definition) is 1. The number of carbonyl (C=O) groups excluding carboxylic acids is 2. The van der Waals surface area contributed by atoms with Crippen LogP contribution in [0, 0.1) is 5.92 Å². The molecule has 8 nitrogen and oxygen atoms in total. The lowest BCUT2D eigenvalue weighted by Gasteiger charge is -2.30. The molecule has 1 aliphatic heterocycles. The molecule has 3 heterocycles. The first-order valence-corrected chi connectivity index (χ1v) is 11.7. The van der Waals surface area contributed by atoms with Crippen LogP contribution in [0.15, 0.2) is 40.2 Å². The topological polar surface area (TPSA) is 97.6 Å². The zero-order valence-electron chi connectivity index (χ0n) is 17.5. The number of rotatable bonds is 7. The summed E-state index contributed by atoms with van der Waals surface area (Å²) in [5.74, 6) is 0.383. The van der Waals surface area contributed by atoms with Crippen molar-refractivity contribution in [2.75, 3.05) is 25.0 Å². The van der Waals surface area contributed by atoms with E-state index >= 15 is 0 Å². The van der Waals surface area contributed by atoms with Crippen molar-refractivity contribution in [3.8, 4) is 10.7 Å². The average Bonchev–Trinajstić information content (AvgIpc) is 3.46. The number of anilines is 1. The van der Waals surface area contributed by atoms with Gasteiger partial charge in [-0.25, -0.2) is 4.79 Å². The highest BCUT2D eigenvalue weighted by Crippen LogP contribution is 2.25. The number of amides is 1. The molecule has 10 heteroatoms. The summed E-state index contributed by atoms with van der Waals surface area (Å²) in [6, 6.07) is 8.68. The van der Waals surface area contributed by atoms with Crippen LogP contribution >= 0.6 is 22.9 Å². The molecule has 1 saturated heterocycles. The summed E-state index contributed by atoms with van der Waals surface area (Å²) < 4.78 is 10.4. The van der Waals surface area contributed by atoms with Crippen molar-refractivity contribution in [1.29, 1.82) is 0 Å². The minimum atomic E-state index is -0.485. The predicted molar refractivity (Wildman–Crippen MR) is 122 cm³/mol. The minimum Gasteiger partial charge on any atom is -0.462 e. The SMILES string of the molecule is CCOC(=O)c1ccc(NC(=O)C2CCCN(Cc3nc(-c4cccs4)no3)C2)cc1Cl. The van der Waals surface area contributed by atoms with Crippen molar-refractivity contribution in [2.24, 2.45) is 5.92 Å². The van der Waals surface area contributed by atoms with Gasteiger partial charge in [0.1, 0.15) is 0 Å². The summed E-state index contributed by atoms with van der Waals surface area (Å²) in [6.45, 7) is 3.96. The van der Waals surface area contributed by atoms with Gasteiger partial charge in [0.05, 0.1) is 34.5 Å². The lowest BCUT2D eigenvalue weighted by atomic mass is 9.97. The summed E-state index contributed by atoms with van der Waals surface area (Å²) >= 11 is 7.76. The highest BCUT2D eigenvalue weighted by Gasteiger charge is 2.27. The Bertz CT molecular complexity index is 1090. The minimum absolute atomic E-state index is 0.0838. The molecule has 1 N–H and O–H groups in total. The monoisotopic (exact) mass is 474 g/mol. The van der Waals surface area contributed by atoms with Gasteiger partial charge in [-0.3, -0.25) is 9.69 Å². The van der Waals surface area contributed by atoms with Gasteiger partial charge in [-0.2, -0.15) is 4.98 Å². The Morgan fingerprint density at radius 2 is 2.25 bits per heavy atom. The van der Waals surface area contributed by atoms with Gasteiger partial charge in [0.25, 0.3) is 0 Å². The zero-order valence-corrected chi connectivity index (χ0v) is 19.1. The van der Waals surface area contributed by atoms with Crippen LogP contribution in [0.5, 0.6) is 0 Å². The molecule has 1 atom stereocenters. The first-order valence-electron chi connectivity index (χ1n) is 10.4. The fourth-order valence-corrected chi connectivity index (χ4v) is 4.55. The molecule has 1 aromatic carbocycles. The van der Waals surface area contributed by atoms with E-state index < -0.39 is 5.97 Å². The van der Waals surface area contributed by atoms with Gasteiger partial charge >= 0.3 is 5.97 Å². The third-order valence-electron chi connectivity index (χ3n) is 5.18. The third-order valence-corrected chi connectivity index (χ3v) is 6.36. The molecule has 0 saturated carbocycles. The van der Waals surface area contributed by atoms with Gasteiger partial charge in [-0.15, -0.1) is 11.3 Å². The Labute approximate surface area is 194 Å². The number of hydrogen-bond acceptors (Lipinski definition) is 8. The molecule has 0 aliphatic carbocycles. The molecule has 1 fully saturated rings. The molecule has 1 unspecified atom stereocenters. The standard InChI is InChI=1S/C22H23ClN4O4S/c1-2-30-22(29)16-8-7-15(11-17(16)23)24-21(28)14-5-3-9-27(12-14)13-19-25-20(26-31-19)18-6-4-10-32-18/h4,6-8,10-11,14H,2-3,5,9,12-13H2,1H3,(H,24,28). The third kappa shape index (κ3) is 5.35. The molecule has 1 aliphatic rings. The lowest BCUT2D eigenvalue weighted by molar-refractivity contribution is -0.121. The van der Waals surface area contributed by atoms with Crippen molar-refractivity contribution >= 4 is 40.5 Å². The number of ether oxygens (including phenoxy) is 1. The van der Waals surface area contributed by atoms with Crippen molar-refractivity contribution < 1.29 is 18.8 Å². The van der Waals surface area contributed by atoms with Gasteiger partial charge in [-0.05, 0) is 56.0 Å². The number of nitrogens with one attached hydrogen (secondary N) is 1. The smallest absolute Gasteiger partial charge is 0.339 e. The van der Waals surface area contributed by atoms with Gasteiger partial charge in [-0.1, -0.05) is 22.8 Å². The van der Waals surface area contributed by atoms with Crippen molar-refractivity contribution in [3.05, 3.63) is 52.2 Å². The van der Waals surface area contributed by atoms with E-state index in [0.29, 0.717) is 30.5 Å². The molecular weight excluding hydrogens is 452 g/mol. The normalized spacial score (nSPS) is 16.6. The van der Waals surface area contributed by atoms with E-state index in [9.17, 15) is 9.59 Å². The van der Waals surface area contributed by atoms with E-state index in [1.165, 1.54) is 0 Å². The highest BCUT2D eigenvalue weighted by molar-refractivity contribution is 7.13. The van der Waals surface area contributed by atoms with Crippen LogP contribution in [-0.2, 0) is 16.1 Å². The lowest BCUT2D eigenvalue weighted by Crippen LogP contribution is -2.40. The first-order chi connectivity index (χ1) is 15.5. The van der Waals surface area contributed by atoms with Crippen molar-refractivity contribution in [2.45, 2.75) is 26.3 Å². The molecule has 168 valence electrons. The molecule has 4 rings (SSSR count). The zero-order chi connectivity index (χ0) is 22.5. The molecule has 0 radical (unpaired) electrons. The van der Waals surface area contributed by atoms with E-state index in [1.54, 1.807) is 36.5 Å². The molecule has 2 aromatic heterocycles. The predicted octanol–water partition coefficient (Wildman–Crippen LogP) is 4.48. The largest absolute Gasteiger partial charge is 0.462 e. The summed E-state index contributed by atoms with van der Waals surface area (Å²) in [7, 11) is 0. The van der Waals surface area contributed by atoms with E-state index in [4.69, 9.17) is 20.9 Å². The summed E-state index contributed by atoms with van der Waals surface area (Å²) in [6.07, 6.45) is 1.69. The van der Waals surface area contributed by atoms with Crippen LogP contribution in [0.4, 0.5) is 5.69 Å². The second kappa shape index (κ2) is 10.2. The number of carbonyl (C=O) groups is 2. The number of esters is 1. The maximum atomic E-state index is 12.8. The molecule has 32 heavy (non-hydrogen) atoms. The van der Waals surface area contributed by atoms with Crippen molar-refractivity contribution in [1.82, 2.24) is 15.0 Å². The Morgan fingerprint density at radius 1 is 1.38 bits per heavy atom. The van der Waals surface area contributed by atoms with E-state index in [1.807, 2.05) is 17.5 Å². The Kier molecular flexibility index (Phi) is 7.19. The van der Waals surface area contributed by atoms with E-state index in [0.717, 1.165) is 24.3 Å². The first kappa shape index (κ1) is 22.4. The number of likely N-dealkylation sites (tertiary alicyclic amines) is 1. The fourth-order valence-electron chi connectivity index (χ4n) is 3.64. The van der Waals surface area contributed by atoms with Crippen LogP contribution in [0.2, 0.25) is 5.02 Å². The number of nitrogens with zero attached hydrogens (tertiary/aromatic N) is 3. The Morgan fingerprint density at radius 3 is 3.00 bits per heavy atom. The molecule has 0 spiro atoms.